The van der Waals surface area contributed by atoms with Gasteiger partial charge in [-0.15, -0.1) is 11.3 Å². The van der Waals surface area contributed by atoms with Gasteiger partial charge < -0.3 is 10.1 Å². The first kappa shape index (κ1) is 20.1. The third-order valence-corrected chi connectivity index (χ3v) is 6.44. The Balaban J connectivity index is 1.67. The smallest absolute Gasteiger partial charge is 0.159 e. The van der Waals surface area contributed by atoms with Crippen molar-refractivity contribution >= 4 is 27.4 Å². The van der Waals surface area contributed by atoms with E-state index in [9.17, 15) is 8.78 Å². The number of fused-ring (bicyclic) bond motifs is 1. The summed E-state index contributed by atoms with van der Waals surface area (Å²) < 4.78 is 32.4. The molecule has 29 heavy (non-hydrogen) atoms. The van der Waals surface area contributed by atoms with Crippen LogP contribution in [0.1, 0.15) is 34.8 Å². The molecule has 1 aromatic carbocycles. The molecule has 0 bridgehead atoms. The van der Waals surface area contributed by atoms with Crippen molar-refractivity contribution in [1.82, 2.24) is 14.9 Å². The van der Waals surface area contributed by atoms with Crippen molar-refractivity contribution in [1.29, 1.82) is 0 Å². The second kappa shape index (κ2) is 8.30. The number of hydrogen-bond donors (Lipinski definition) is 1. The third kappa shape index (κ3) is 4.24. The van der Waals surface area contributed by atoms with Crippen molar-refractivity contribution in [2.24, 2.45) is 0 Å². The van der Waals surface area contributed by atoms with Crippen molar-refractivity contribution in [2.45, 2.75) is 33.4 Å². The summed E-state index contributed by atoms with van der Waals surface area (Å²) in [7, 11) is 0. The van der Waals surface area contributed by atoms with Gasteiger partial charge in [-0.25, -0.2) is 18.7 Å². The standard InChI is InChI=1S/C21H24F2N4OS/c1-12-14(3)29-21-19(12)20(24-13(2)15-4-5-16(22)17(23)10-15)25-18(26-21)11-27-6-8-28-9-7-27/h4-5,10,13H,6-9,11H2,1-3H3,(H,24,25,26). The van der Waals surface area contributed by atoms with Gasteiger partial charge in [-0.3, -0.25) is 4.90 Å². The van der Waals surface area contributed by atoms with Crippen LogP contribution in [-0.4, -0.2) is 41.2 Å². The van der Waals surface area contributed by atoms with E-state index in [2.05, 4.69) is 24.1 Å². The molecule has 5 nitrogen and oxygen atoms in total. The summed E-state index contributed by atoms with van der Waals surface area (Å²) in [5.41, 5.74) is 1.80. The first-order chi connectivity index (χ1) is 13.9. The molecule has 1 N–H and O–H groups in total. The maximum absolute atomic E-state index is 13.7. The Morgan fingerprint density at radius 1 is 1.17 bits per heavy atom. The zero-order valence-electron chi connectivity index (χ0n) is 16.8. The SMILES string of the molecule is Cc1sc2nc(CN3CCOCC3)nc(NC(C)c3ccc(F)c(F)c3)c2c1C. The summed E-state index contributed by atoms with van der Waals surface area (Å²) in [5.74, 6) is -0.208. The number of aryl methyl sites for hydroxylation is 2. The minimum Gasteiger partial charge on any atom is -0.379 e. The molecular formula is C21H24F2N4OS. The Labute approximate surface area is 172 Å². The number of thiophene rings is 1. The van der Waals surface area contributed by atoms with Crippen LogP contribution in [0.15, 0.2) is 18.2 Å². The van der Waals surface area contributed by atoms with E-state index in [0.29, 0.717) is 12.1 Å². The topological polar surface area (TPSA) is 50.3 Å². The van der Waals surface area contributed by atoms with E-state index in [-0.39, 0.29) is 6.04 Å². The Kier molecular flexibility index (Phi) is 5.76. The third-order valence-electron chi connectivity index (χ3n) is 5.34. The number of morpholine rings is 1. The van der Waals surface area contributed by atoms with Gasteiger partial charge in [0.15, 0.2) is 11.6 Å². The summed E-state index contributed by atoms with van der Waals surface area (Å²) >= 11 is 1.65. The van der Waals surface area contributed by atoms with Crippen LogP contribution in [0.4, 0.5) is 14.6 Å². The van der Waals surface area contributed by atoms with Gasteiger partial charge in [0.2, 0.25) is 0 Å². The number of nitrogens with one attached hydrogen (secondary N) is 1. The number of rotatable bonds is 5. The first-order valence-corrected chi connectivity index (χ1v) is 10.5. The maximum Gasteiger partial charge on any atom is 0.159 e. The number of nitrogens with zero attached hydrogens (tertiary/aromatic N) is 3. The quantitative estimate of drug-likeness (QED) is 0.657. The largest absolute Gasteiger partial charge is 0.379 e. The van der Waals surface area contributed by atoms with E-state index < -0.39 is 11.6 Å². The summed E-state index contributed by atoms with van der Waals surface area (Å²) in [6.07, 6.45) is 0. The molecule has 1 aliphatic rings. The second-order valence-corrected chi connectivity index (χ2v) is 8.58. The lowest BCUT2D eigenvalue weighted by atomic mass is 10.1. The van der Waals surface area contributed by atoms with Crippen LogP contribution in [0.5, 0.6) is 0 Å². The van der Waals surface area contributed by atoms with Crippen molar-refractivity contribution in [3.8, 4) is 0 Å². The van der Waals surface area contributed by atoms with E-state index in [1.807, 2.05) is 6.92 Å². The molecule has 3 aromatic rings. The normalized spacial score (nSPS) is 16.3. The molecule has 0 radical (unpaired) electrons. The molecule has 0 amide bonds. The van der Waals surface area contributed by atoms with Crippen molar-refractivity contribution in [3.63, 3.8) is 0 Å². The number of benzene rings is 1. The molecule has 0 spiro atoms. The number of halogens is 2. The molecule has 8 heteroatoms. The highest BCUT2D eigenvalue weighted by atomic mass is 32.1. The average molecular weight is 419 g/mol. The molecule has 1 unspecified atom stereocenters. The van der Waals surface area contributed by atoms with Crippen LogP contribution in [-0.2, 0) is 11.3 Å². The van der Waals surface area contributed by atoms with Gasteiger partial charge >= 0.3 is 0 Å². The molecule has 3 heterocycles. The molecular weight excluding hydrogens is 394 g/mol. The summed E-state index contributed by atoms with van der Waals surface area (Å²) in [4.78, 5) is 14.0. The van der Waals surface area contributed by atoms with Gasteiger partial charge in [-0.05, 0) is 44.0 Å². The Morgan fingerprint density at radius 2 is 1.93 bits per heavy atom. The van der Waals surface area contributed by atoms with Gasteiger partial charge in [0.05, 0.1) is 31.2 Å². The van der Waals surface area contributed by atoms with Gasteiger partial charge in [0, 0.05) is 18.0 Å². The fourth-order valence-corrected chi connectivity index (χ4v) is 4.55. The lowest BCUT2D eigenvalue weighted by Gasteiger charge is -2.26. The van der Waals surface area contributed by atoms with E-state index in [1.54, 1.807) is 17.4 Å². The maximum atomic E-state index is 13.7. The molecule has 0 saturated carbocycles. The van der Waals surface area contributed by atoms with Gasteiger partial charge in [0.25, 0.3) is 0 Å². The predicted octanol–water partition coefficient (Wildman–Crippen LogP) is 4.59. The number of hydrogen-bond acceptors (Lipinski definition) is 6. The van der Waals surface area contributed by atoms with E-state index in [4.69, 9.17) is 14.7 Å². The molecule has 154 valence electrons. The zero-order chi connectivity index (χ0) is 20.5. The first-order valence-electron chi connectivity index (χ1n) is 9.70. The molecule has 1 fully saturated rings. The summed E-state index contributed by atoms with van der Waals surface area (Å²) in [6.45, 7) is 9.87. The second-order valence-electron chi connectivity index (χ2n) is 7.38. The van der Waals surface area contributed by atoms with Crippen LogP contribution < -0.4 is 5.32 Å². The molecule has 0 aliphatic carbocycles. The van der Waals surface area contributed by atoms with E-state index in [0.717, 1.165) is 59.8 Å². The monoisotopic (exact) mass is 418 g/mol. The van der Waals surface area contributed by atoms with Crippen molar-refractivity contribution < 1.29 is 13.5 Å². The summed E-state index contributed by atoms with van der Waals surface area (Å²) in [5, 5.41) is 4.40. The Hall–Kier alpha value is -2.16. The van der Waals surface area contributed by atoms with Crippen molar-refractivity contribution in [3.05, 3.63) is 51.7 Å². The van der Waals surface area contributed by atoms with Gasteiger partial charge in [-0.2, -0.15) is 0 Å². The van der Waals surface area contributed by atoms with Crippen LogP contribution in [0.3, 0.4) is 0 Å². The van der Waals surface area contributed by atoms with E-state index in [1.165, 1.54) is 10.9 Å². The molecule has 1 atom stereocenters. The van der Waals surface area contributed by atoms with E-state index >= 15 is 0 Å². The zero-order valence-corrected chi connectivity index (χ0v) is 17.6. The lowest BCUT2D eigenvalue weighted by molar-refractivity contribution is 0.0331. The Morgan fingerprint density at radius 3 is 2.66 bits per heavy atom. The molecule has 4 rings (SSSR count). The fourth-order valence-electron chi connectivity index (χ4n) is 3.50. The number of aromatic nitrogens is 2. The number of ether oxygens (including phenoxy) is 1. The van der Waals surface area contributed by atoms with Crippen molar-refractivity contribution in [2.75, 3.05) is 31.6 Å². The summed E-state index contributed by atoms with van der Waals surface area (Å²) in [6, 6.07) is 3.74. The average Bonchev–Trinajstić information content (AvgIpc) is 2.98. The number of anilines is 1. The van der Waals surface area contributed by atoms with Crippen LogP contribution in [0.25, 0.3) is 10.2 Å². The lowest BCUT2D eigenvalue weighted by Crippen LogP contribution is -2.36. The Bertz CT molecular complexity index is 1030. The van der Waals surface area contributed by atoms with Crippen LogP contribution >= 0.6 is 11.3 Å². The highest BCUT2D eigenvalue weighted by molar-refractivity contribution is 7.18. The molecule has 1 aliphatic heterocycles. The van der Waals surface area contributed by atoms with Gasteiger partial charge in [-0.1, -0.05) is 6.07 Å². The molecule has 2 aromatic heterocycles. The van der Waals surface area contributed by atoms with Gasteiger partial charge in [0.1, 0.15) is 16.5 Å². The minimum atomic E-state index is -0.848. The molecule has 1 saturated heterocycles. The fraction of sp³-hybridized carbons (Fsp3) is 0.429. The van der Waals surface area contributed by atoms with Crippen LogP contribution in [0.2, 0.25) is 0 Å². The predicted molar refractivity (Wildman–Crippen MR) is 111 cm³/mol. The minimum absolute atomic E-state index is 0.237. The highest BCUT2D eigenvalue weighted by Crippen LogP contribution is 2.35. The highest BCUT2D eigenvalue weighted by Gasteiger charge is 2.19. The van der Waals surface area contributed by atoms with Crippen LogP contribution in [0, 0.1) is 25.5 Å².